The number of aromatic nitrogens is 4. The van der Waals surface area contributed by atoms with Crippen molar-refractivity contribution in [1.29, 1.82) is 5.26 Å². The van der Waals surface area contributed by atoms with Crippen molar-refractivity contribution in [3.05, 3.63) is 76.3 Å². The van der Waals surface area contributed by atoms with Crippen molar-refractivity contribution in [3.8, 4) is 17.6 Å². The van der Waals surface area contributed by atoms with Crippen LogP contribution >= 0.6 is 0 Å². The maximum atomic E-state index is 15.7. The van der Waals surface area contributed by atoms with Gasteiger partial charge in [-0.3, -0.25) is 38.6 Å². The number of hydrogen-bond donors (Lipinski definition) is 2. The highest BCUT2D eigenvalue weighted by molar-refractivity contribution is 7.90. The maximum absolute atomic E-state index is 15.7. The van der Waals surface area contributed by atoms with Crippen LogP contribution in [0.5, 0.6) is 11.5 Å². The van der Waals surface area contributed by atoms with Crippen LogP contribution in [0.25, 0.3) is 21.8 Å². The summed E-state index contributed by atoms with van der Waals surface area (Å²) in [5.41, 5.74) is 0.654. The minimum absolute atomic E-state index is 0.0562. The van der Waals surface area contributed by atoms with Crippen LogP contribution in [0.4, 0.5) is 30.8 Å². The third kappa shape index (κ3) is 9.45. The Bertz CT molecular complexity index is 2930. The zero-order valence-electron chi connectivity index (χ0n) is 37.1. The van der Waals surface area contributed by atoms with Crippen LogP contribution in [0.3, 0.4) is 0 Å². The Balaban J connectivity index is 0.885. The van der Waals surface area contributed by atoms with Gasteiger partial charge >= 0.3 is 16.2 Å². The van der Waals surface area contributed by atoms with Crippen LogP contribution in [0, 0.1) is 34.8 Å². The van der Waals surface area contributed by atoms with Gasteiger partial charge in [0.2, 0.25) is 5.91 Å². The number of amides is 3. The lowest BCUT2D eigenvalue weighted by Gasteiger charge is -2.34. The van der Waals surface area contributed by atoms with Crippen LogP contribution in [0.1, 0.15) is 89.2 Å². The van der Waals surface area contributed by atoms with Crippen molar-refractivity contribution in [3.63, 3.8) is 0 Å². The van der Waals surface area contributed by atoms with E-state index in [9.17, 15) is 32.9 Å². The van der Waals surface area contributed by atoms with Gasteiger partial charge in [0.15, 0.2) is 17.4 Å². The lowest BCUT2D eigenvalue weighted by atomic mass is 9.84. The third-order valence-electron chi connectivity index (χ3n) is 13.2. The number of nitriles is 1. The minimum atomic E-state index is -4.03. The second kappa shape index (κ2) is 19.2. The molecule has 3 amide bonds. The first-order valence-electron chi connectivity index (χ1n) is 22.4. The Morgan fingerprint density at radius 2 is 1.71 bits per heavy atom. The fraction of sp³-hybridized carbons (Fsp3) is 0.457. The van der Waals surface area contributed by atoms with E-state index in [1.54, 1.807) is 35.4 Å². The highest BCUT2D eigenvalue weighted by Crippen LogP contribution is 2.37. The van der Waals surface area contributed by atoms with Crippen LogP contribution in [0.2, 0.25) is 0 Å². The van der Waals surface area contributed by atoms with Crippen LogP contribution in [-0.2, 0) is 26.8 Å². The molecule has 2 aromatic heterocycles. The monoisotopic (exact) mass is 926 g/mol. The van der Waals surface area contributed by atoms with Crippen molar-refractivity contribution >= 4 is 66.9 Å². The van der Waals surface area contributed by atoms with Gasteiger partial charge in [0.25, 0.3) is 5.56 Å². The van der Waals surface area contributed by atoms with Crippen molar-refractivity contribution in [2.24, 2.45) is 18.9 Å². The van der Waals surface area contributed by atoms with Gasteiger partial charge in [0.1, 0.15) is 29.0 Å². The summed E-state index contributed by atoms with van der Waals surface area (Å²) in [6, 6.07) is 10.9. The molecule has 1 aliphatic carbocycles. The molecule has 3 fully saturated rings. The summed E-state index contributed by atoms with van der Waals surface area (Å²) in [7, 11) is -0.939. The molecule has 3 aliphatic rings. The van der Waals surface area contributed by atoms with E-state index < -0.39 is 33.6 Å². The van der Waals surface area contributed by atoms with Gasteiger partial charge < -0.3 is 9.64 Å². The van der Waals surface area contributed by atoms with Crippen LogP contribution in [0.15, 0.2) is 53.6 Å². The SMILES string of the molecule is CCN(C)S(=O)(=O)Nc1ccc(F)c(Oc2ccc3ncn(C4CCCCC(C(=O)CC5CCN(c6cc7c(cc6F)c(N6CCC(=O)NC6=O)nn7C)CC5)CCC4)c(=O)c3c2)c1C#N. The van der Waals surface area contributed by atoms with Gasteiger partial charge in [-0.15, -0.1) is 0 Å². The average Bonchev–Trinajstić information content (AvgIpc) is 3.67. The molecule has 17 nitrogen and oxygen atoms in total. The van der Waals surface area contributed by atoms with Gasteiger partial charge in [0, 0.05) is 70.5 Å². The molecular formula is C46H52F2N10O7S. The molecule has 2 atom stereocenters. The number of hydrogen-bond acceptors (Lipinski definition) is 11. The summed E-state index contributed by atoms with van der Waals surface area (Å²) in [5.74, 6) is -1.51. The van der Waals surface area contributed by atoms with Crippen LogP contribution < -0.4 is 30.1 Å². The number of aryl methyl sites for hydroxylation is 1. The van der Waals surface area contributed by atoms with Gasteiger partial charge in [-0.05, 0) is 86.9 Å². The molecule has 0 bridgehead atoms. The molecule has 2 N–H and O–H groups in total. The number of ketones is 1. The standard InChI is InChI=1S/C46H52F2N10O7S/c1-4-54(2)66(63,64)53-38-15-13-35(47)43(34(38)26-49)65-31-12-14-37-32(23-31)45(61)58(27-50-37)30-10-6-5-8-29(9-7-11-30)41(59)22-28-16-19-56(20-17-28)40-25-39-33(24-36(40)48)44(52-55(39)3)57-21-18-42(60)51-46(57)62/h12-15,23-25,27-30,53H,4-11,16-22H2,1-3H3,(H,51,60,62). The summed E-state index contributed by atoms with van der Waals surface area (Å²) < 4.78 is 68.7. The number of anilines is 3. The van der Waals surface area contributed by atoms with E-state index in [4.69, 9.17) is 4.74 Å². The Hall–Kier alpha value is -6.46. The molecule has 0 radical (unpaired) electrons. The lowest BCUT2D eigenvalue weighted by Crippen LogP contribution is -2.49. The zero-order chi connectivity index (χ0) is 46.9. The van der Waals surface area contributed by atoms with E-state index in [1.165, 1.54) is 36.5 Å². The normalized spacial score (nSPS) is 19.0. The molecular weight excluding hydrogens is 875 g/mol. The summed E-state index contributed by atoms with van der Waals surface area (Å²) >= 11 is 0. The quantitative estimate of drug-likeness (QED) is 0.130. The van der Waals surface area contributed by atoms with Crippen molar-refractivity contribution in [1.82, 2.24) is 29.0 Å². The first-order chi connectivity index (χ1) is 31.6. The maximum Gasteiger partial charge on any atom is 0.329 e. The van der Waals surface area contributed by atoms with E-state index >= 15 is 8.78 Å². The number of rotatable bonds is 12. The second-order valence-corrected chi connectivity index (χ2v) is 19.1. The molecule has 5 aromatic rings. The number of urea groups is 1. The summed E-state index contributed by atoms with van der Waals surface area (Å²) in [6.45, 7) is 3.13. The van der Waals surface area contributed by atoms with E-state index in [-0.39, 0.29) is 77.0 Å². The molecule has 2 saturated heterocycles. The van der Waals surface area contributed by atoms with E-state index in [0.29, 0.717) is 66.7 Å². The number of ether oxygens (including phenoxy) is 1. The van der Waals surface area contributed by atoms with Crippen molar-refractivity contribution < 1.29 is 36.3 Å². The van der Waals surface area contributed by atoms with Crippen molar-refractivity contribution in [2.45, 2.75) is 83.6 Å². The molecule has 8 rings (SSSR count). The zero-order valence-corrected chi connectivity index (χ0v) is 37.9. The Kier molecular flexibility index (Phi) is 13.4. The Morgan fingerprint density at radius 1 is 0.970 bits per heavy atom. The minimum Gasteiger partial charge on any atom is -0.453 e. The molecule has 1 saturated carbocycles. The van der Waals surface area contributed by atoms with Crippen molar-refractivity contribution in [2.75, 3.05) is 47.7 Å². The second-order valence-electron chi connectivity index (χ2n) is 17.4. The average molecular weight is 927 g/mol. The molecule has 0 spiro atoms. The molecule has 2 unspecified atom stereocenters. The molecule has 66 heavy (non-hydrogen) atoms. The van der Waals surface area contributed by atoms with E-state index in [0.717, 1.165) is 55.0 Å². The number of nitrogens with zero attached hydrogens (tertiary/aromatic N) is 8. The number of imide groups is 1. The molecule has 348 valence electrons. The topological polar surface area (TPSA) is 205 Å². The number of carbonyl (C=O) groups is 3. The third-order valence-corrected chi connectivity index (χ3v) is 14.8. The molecule has 2 aliphatic heterocycles. The lowest BCUT2D eigenvalue weighted by molar-refractivity contribution is -0.124. The van der Waals surface area contributed by atoms with Crippen LogP contribution in [-0.4, -0.2) is 83.0 Å². The number of carbonyl (C=O) groups excluding carboxylic acids is 3. The number of fused-ring (bicyclic) bond motifs is 2. The summed E-state index contributed by atoms with van der Waals surface area (Å²) in [5, 5.41) is 17.4. The Labute approximate surface area is 380 Å². The van der Waals surface area contributed by atoms with Gasteiger partial charge in [-0.1, -0.05) is 26.2 Å². The fourth-order valence-electron chi connectivity index (χ4n) is 9.34. The smallest absolute Gasteiger partial charge is 0.329 e. The predicted octanol–water partition coefficient (Wildman–Crippen LogP) is 7.06. The number of nitrogens with one attached hydrogen (secondary N) is 2. The fourth-order valence-corrected chi connectivity index (χ4v) is 10.3. The first-order valence-corrected chi connectivity index (χ1v) is 23.8. The van der Waals surface area contributed by atoms with Gasteiger partial charge in [0.05, 0.1) is 34.1 Å². The highest BCUT2D eigenvalue weighted by Gasteiger charge is 2.31. The summed E-state index contributed by atoms with van der Waals surface area (Å²) in [4.78, 5) is 60.0. The number of halogens is 2. The molecule has 4 heterocycles. The van der Waals surface area contributed by atoms with Gasteiger partial charge in [-0.25, -0.2) is 18.6 Å². The van der Waals surface area contributed by atoms with E-state index in [2.05, 4.69) is 20.1 Å². The largest absolute Gasteiger partial charge is 0.453 e. The van der Waals surface area contributed by atoms with Gasteiger partial charge in [-0.2, -0.15) is 23.1 Å². The predicted molar refractivity (Wildman–Crippen MR) is 244 cm³/mol. The first kappa shape index (κ1) is 46.1. The van der Waals surface area contributed by atoms with E-state index in [1.807, 2.05) is 11.0 Å². The molecule has 20 heteroatoms. The number of piperidine rings is 1. The Morgan fingerprint density at radius 3 is 2.45 bits per heavy atom. The summed E-state index contributed by atoms with van der Waals surface area (Å²) in [6.07, 6.45) is 8.82. The number of Topliss-reactive ketones (excluding diaryl/α,β-unsaturated/α-hetero) is 1. The highest BCUT2D eigenvalue weighted by atomic mass is 32.2. The molecule has 3 aromatic carbocycles. The number of benzene rings is 3.